The van der Waals surface area contributed by atoms with Gasteiger partial charge >= 0.3 is 0 Å². The molecule has 4 rings (SSSR count). The highest BCUT2D eigenvalue weighted by atomic mass is 16.5. The zero-order valence-electron chi connectivity index (χ0n) is 18.5. The van der Waals surface area contributed by atoms with Gasteiger partial charge < -0.3 is 16.3 Å². The molecule has 3 aromatic carbocycles. The molecule has 3 aromatic rings. The van der Waals surface area contributed by atoms with Gasteiger partial charge in [-0.3, -0.25) is 9.59 Å². The highest BCUT2D eigenvalue weighted by Gasteiger charge is 2.44. The van der Waals surface area contributed by atoms with Gasteiger partial charge in [0, 0.05) is 18.4 Å². The topological polar surface area (TPSA) is 95.7 Å². The number of hydroxylamine groups is 2. The van der Waals surface area contributed by atoms with Gasteiger partial charge in [0.2, 0.25) is 5.91 Å². The maximum Gasteiger partial charge on any atom is 0.242 e. The summed E-state index contributed by atoms with van der Waals surface area (Å²) in [6.07, 6.45) is 0. The van der Waals surface area contributed by atoms with E-state index in [9.17, 15) is 14.8 Å². The fourth-order valence-electron chi connectivity index (χ4n) is 4.60. The van der Waals surface area contributed by atoms with E-state index in [1.54, 1.807) is 12.1 Å². The number of Topliss-reactive ketones (excluding diaryl/α,β-unsaturated/α-hetero) is 1. The van der Waals surface area contributed by atoms with E-state index in [2.05, 4.69) is 5.32 Å². The fraction of sp³-hybridized carbons (Fsp3) is 0.259. The van der Waals surface area contributed by atoms with Crippen LogP contribution in [-0.4, -0.2) is 34.5 Å². The summed E-state index contributed by atoms with van der Waals surface area (Å²) in [7, 11) is 0. The number of nitrogens with two attached hydrogens (primary N) is 1. The van der Waals surface area contributed by atoms with Crippen molar-refractivity contribution in [2.24, 2.45) is 11.7 Å². The van der Waals surface area contributed by atoms with E-state index in [-0.39, 0.29) is 18.2 Å². The monoisotopic (exact) mass is 443 g/mol. The highest BCUT2D eigenvalue weighted by Crippen LogP contribution is 2.37. The first-order valence-electron chi connectivity index (χ1n) is 11.2. The summed E-state index contributed by atoms with van der Waals surface area (Å²) in [6.45, 7) is 2.12. The van der Waals surface area contributed by atoms with Crippen LogP contribution in [0.25, 0.3) is 0 Å². The predicted molar refractivity (Wildman–Crippen MR) is 126 cm³/mol. The van der Waals surface area contributed by atoms with Crippen LogP contribution in [0.1, 0.15) is 41.6 Å². The Kier molecular flexibility index (Phi) is 6.99. The zero-order chi connectivity index (χ0) is 23.4. The van der Waals surface area contributed by atoms with Crippen molar-refractivity contribution >= 4 is 11.7 Å². The van der Waals surface area contributed by atoms with Gasteiger partial charge in [-0.25, -0.2) is 0 Å². The summed E-state index contributed by atoms with van der Waals surface area (Å²) >= 11 is 0. The molecule has 1 aliphatic heterocycles. The molecule has 0 bridgehead atoms. The van der Waals surface area contributed by atoms with Gasteiger partial charge in [-0.15, -0.1) is 0 Å². The van der Waals surface area contributed by atoms with Crippen molar-refractivity contribution < 1.29 is 14.8 Å². The molecule has 33 heavy (non-hydrogen) atoms. The first-order chi connectivity index (χ1) is 16.0. The molecule has 1 heterocycles. The lowest BCUT2D eigenvalue weighted by Crippen LogP contribution is -2.51. The van der Waals surface area contributed by atoms with Crippen LogP contribution in [0, 0.1) is 5.92 Å². The van der Waals surface area contributed by atoms with Crippen LogP contribution >= 0.6 is 0 Å². The van der Waals surface area contributed by atoms with Crippen LogP contribution < -0.4 is 11.1 Å². The van der Waals surface area contributed by atoms with Crippen LogP contribution in [0.2, 0.25) is 0 Å². The lowest BCUT2D eigenvalue weighted by atomic mass is 9.82. The number of carbonyl (C=O) groups is 2. The number of ketones is 1. The second-order valence-electron chi connectivity index (χ2n) is 8.56. The molecule has 4 N–H and O–H groups in total. The van der Waals surface area contributed by atoms with Crippen LogP contribution in [0.3, 0.4) is 0 Å². The maximum absolute atomic E-state index is 13.8. The molecule has 0 radical (unpaired) electrons. The third-order valence-corrected chi connectivity index (χ3v) is 6.49. The molecule has 0 spiro atoms. The van der Waals surface area contributed by atoms with Crippen LogP contribution in [0.5, 0.6) is 0 Å². The second kappa shape index (κ2) is 10.1. The summed E-state index contributed by atoms with van der Waals surface area (Å²) < 4.78 is 0. The normalized spacial score (nSPS) is 24.6. The van der Waals surface area contributed by atoms with Crippen molar-refractivity contribution in [1.82, 2.24) is 10.4 Å². The molecule has 0 aromatic heterocycles. The molecular formula is C27H29N3O3. The first kappa shape index (κ1) is 22.9. The highest BCUT2D eigenvalue weighted by molar-refractivity contribution is 5.93. The SMILES string of the molecule is C[C@@H]1C(=O)[C@H](NC(=O)[C@@H](N)c2ccccc2)[C@H](c2ccccc2)N(O)C[C@H]1c1ccccc1. The molecule has 0 unspecified atom stereocenters. The zero-order valence-corrected chi connectivity index (χ0v) is 18.5. The number of rotatable bonds is 5. The van der Waals surface area contributed by atoms with E-state index in [0.29, 0.717) is 5.56 Å². The van der Waals surface area contributed by atoms with Crippen LogP contribution in [0.15, 0.2) is 91.0 Å². The molecule has 1 saturated heterocycles. The Hall–Kier alpha value is -3.32. The van der Waals surface area contributed by atoms with E-state index < -0.39 is 30.0 Å². The fourth-order valence-corrected chi connectivity index (χ4v) is 4.60. The average Bonchev–Trinajstić information content (AvgIpc) is 2.95. The molecule has 1 amide bonds. The summed E-state index contributed by atoms with van der Waals surface area (Å²) in [6, 6.07) is 25.4. The Morgan fingerprint density at radius 3 is 2.03 bits per heavy atom. The quantitative estimate of drug-likeness (QED) is 0.560. The molecule has 0 saturated carbocycles. The van der Waals surface area contributed by atoms with Gasteiger partial charge in [0.25, 0.3) is 0 Å². The number of nitrogens with zero attached hydrogens (tertiary/aromatic N) is 1. The minimum atomic E-state index is -0.955. The summed E-state index contributed by atoms with van der Waals surface area (Å²) in [5.74, 6) is -1.24. The smallest absolute Gasteiger partial charge is 0.242 e. The number of hydrogen-bond acceptors (Lipinski definition) is 5. The largest absolute Gasteiger partial charge is 0.343 e. The van der Waals surface area contributed by atoms with Crippen molar-refractivity contribution in [3.05, 3.63) is 108 Å². The third kappa shape index (κ3) is 4.88. The maximum atomic E-state index is 13.8. The number of amides is 1. The van der Waals surface area contributed by atoms with E-state index in [1.807, 2.05) is 85.8 Å². The molecular weight excluding hydrogens is 414 g/mol. The van der Waals surface area contributed by atoms with Gasteiger partial charge in [-0.2, -0.15) is 5.06 Å². The first-order valence-corrected chi connectivity index (χ1v) is 11.2. The summed E-state index contributed by atoms with van der Waals surface area (Å²) in [4.78, 5) is 26.9. The minimum absolute atomic E-state index is 0.136. The van der Waals surface area contributed by atoms with E-state index >= 15 is 0 Å². The molecule has 0 aliphatic carbocycles. The average molecular weight is 444 g/mol. The molecule has 6 nitrogen and oxygen atoms in total. The van der Waals surface area contributed by atoms with Crippen molar-refractivity contribution in [2.45, 2.75) is 31.0 Å². The second-order valence-corrected chi connectivity index (χ2v) is 8.56. The van der Waals surface area contributed by atoms with E-state index in [4.69, 9.17) is 5.73 Å². The Morgan fingerprint density at radius 1 is 0.939 bits per heavy atom. The van der Waals surface area contributed by atoms with Crippen molar-refractivity contribution in [3.63, 3.8) is 0 Å². The Balaban J connectivity index is 1.69. The Labute approximate surface area is 194 Å². The molecule has 6 heteroatoms. The van der Waals surface area contributed by atoms with Crippen LogP contribution in [0.4, 0.5) is 0 Å². The number of hydrogen-bond donors (Lipinski definition) is 3. The predicted octanol–water partition coefficient (Wildman–Crippen LogP) is 3.61. The van der Waals surface area contributed by atoms with Crippen molar-refractivity contribution in [1.29, 1.82) is 0 Å². The Bertz CT molecular complexity index is 1080. The van der Waals surface area contributed by atoms with E-state index in [0.717, 1.165) is 11.1 Å². The van der Waals surface area contributed by atoms with Gasteiger partial charge in [0.05, 0.1) is 6.04 Å². The van der Waals surface area contributed by atoms with Gasteiger partial charge in [0.15, 0.2) is 5.78 Å². The van der Waals surface area contributed by atoms with Crippen molar-refractivity contribution in [2.75, 3.05) is 6.54 Å². The molecule has 1 fully saturated rings. The van der Waals surface area contributed by atoms with Crippen LogP contribution in [-0.2, 0) is 9.59 Å². The van der Waals surface area contributed by atoms with Crippen molar-refractivity contribution in [3.8, 4) is 0 Å². The van der Waals surface area contributed by atoms with E-state index in [1.165, 1.54) is 5.06 Å². The standard InChI is InChI=1S/C27H29N3O3/c1-18-22(19-11-5-2-6-12-19)17-30(33)25(21-15-9-4-10-16-21)24(26(18)31)29-27(32)23(28)20-13-7-3-8-14-20/h2-16,18,22-25,33H,17,28H2,1H3,(H,29,32)/t18-,22+,23-,24+,25-/m0/s1. The molecule has 170 valence electrons. The minimum Gasteiger partial charge on any atom is -0.343 e. The van der Waals surface area contributed by atoms with Gasteiger partial charge in [-0.1, -0.05) is 97.9 Å². The number of benzene rings is 3. The summed E-state index contributed by atoms with van der Waals surface area (Å²) in [5.41, 5.74) is 8.58. The number of carbonyl (C=O) groups excluding carboxylic acids is 2. The lowest BCUT2D eigenvalue weighted by Gasteiger charge is -2.31. The Morgan fingerprint density at radius 2 is 1.45 bits per heavy atom. The number of nitrogens with one attached hydrogen (secondary N) is 1. The van der Waals surface area contributed by atoms with Gasteiger partial charge in [-0.05, 0) is 16.7 Å². The molecule has 5 atom stereocenters. The third-order valence-electron chi connectivity index (χ3n) is 6.49. The lowest BCUT2D eigenvalue weighted by molar-refractivity contribution is -0.146. The molecule has 1 aliphatic rings. The van der Waals surface area contributed by atoms with Gasteiger partial charge in [0.1, 0.15) is 12.1 Å². The summed E-state index contributed by atoms with van der Waals surface area (Å²) in [5, 5.41) is 15.3.